The Labute approximate surface area is 162 Å². The predicted octanol–water partition coefficient (Wildman–Crippen LogP) is 5.21. The molecule has 0 N–H and O–H groups in total. The van der Waals surface area contributed by atoms with Crippen LogP contribution in [0, 0.1) is 41.5 Å². The molecule has 140 valence electrons. The summed E-state index contributed by atoms with van der Waals surface area (Å²) < 4.78 is 10.6. The number of methoxy groups -OCH3 is 1. The van der Waals surface area contributed by atoms with E-state index in [9.17, 15) is 9.59 Å². The second kappa shape index (κ2) is 7.76. The molecule has 0 unspecified atom stereocenters. The second-order valence-corrected chi connectivity index (χ2v) is 9.12. The highest BCUT2D eigenvalue weighted by Crippen LogP contribution is 2.38. The third-order valence-electron chi connectivity index (χ3n) is 4.57. The molecule has 0 aliphatic carbocycles. The molecule has 2 aromatic rings. The molecule has 2 heterocycles. The first-order chi connectivity index (χ1) is 12.1. The molecular formula is C20H24O4S2. The van der Waals surface area contributed by atoms with Crippen LogP contribution in [0.5, 0.6) is 5.75 Å². The van der Waals surface area contributed by atoms with Crippen LogP contribution in [0.25, 0.3) is 5.57 Å². The number of carbonyl (C=O) groups is 2. The summed E-state index contributed by atoms with van der Waals surface area (Å²) in [5.74, 6) is -0.481. The van der Waals surface area contributed by atoms with Gasteiger partial charge in [0.1, 0.15) is 5.75 Å². The van der Waals surface area contributed by atoms with Crippen molar-refractivity contribution in [2.24, 2.45) is 0 Å². The fraction of sp³-hybridized carbons (Fsp3) is 0.400. The summed E-state index contributed by atoms with van der Waals surface area (Å²) in [7, 11) is 1.31. The monoisotopic (exact) mass is 392 g/mol. The molecular weight excluding hydrogens is 368 g/mol. The first-order valence-corrected chi connectivity index (χ1v) is 9.88. The second-order valence-electron chi connectivity index (χ2n) is 6.26. The van der Waals surface area contributed by atoms with Crippen LogP contribution in [0.3, 0.4) is 0 Å². The van der Waals surface area contributed by atoms with Crippen molar-refractivity contribution in [3.63, 3.8) is 0 Å². The summed E-state index contributed by atoms with van der Waals surface area (Å²) in [6, 6.07) is 0. The maximum atomic E-state index is 13.1. The van der Waals surface area contributed by atoms with Crippen molar-refractivity contribution >= 4 is 40.2 Å². The topological polar surface area (TPSA) is 52.6 Å². The maximum Gasteiger partial charge on any atom is 0.344 e. The smallest absolute Gasteiger partial charge is 0.344 e. The lowest BCUT2D eigenvalue weighted by Crippen LogP contribution is -2.17. The van der Waals surface area contributed by atoms with Gasteiger partial charge in [-0.2, -0.15) is 0 Å². The van der Waals surface area contributed by atoms with Crippen LogP contribution in [0.15, 0.2) is 5.57 Å². The van der Waals surface area contributed by atoms with Crippen LogP contribution < -0.4 is 4.74 Å². The molecule has 0 fully saturated rings. The van der Waals surface area contributed by atoms with E-state index in [0.717, 1.165) is 36.2 Å². The molecule has 4 nitrogen and oxygen atoms in total. The molecule has 0 radical (unpaired) electrons. The normalized spacial score (nSPS) is 12.0. The molecule has 0 aromatic carbocycles. The van der Waals surface area contributed by atoms with Crippen molar-refractivity contribution < 1.29 is 19.1 Å². The van der Waals surface area contributed by atoms with Crippen molar-refractivity contribution in [2.45, 2.75) is 48.5 Å². The van der Waals surface area contributed by atoms with Gasteiger partial charge >= 0.3 is 11.9 Å². The Kier molecular flexibility index (Phi) is 6.09. The molecule has 0 bridgehead atoms. The maximum absolute atomic E-state index is 13.1. The number of rotatable bonds is 4. The van der Waals surface area contributed by atoms with Crippen molar-refractivity contribution in [1.29, 1.82) is 0 Å². The minimum absolute atomic E-state index is 0.253. The third-order valence-corrected chi connectivity index (χ3v) is 6.80. The highest BCUT2D eigenvalue weighted by Gasteiger charge is 2.28. The molecule has 0 atom stereocenters. The highest BCUT2D eigenvalue weighted by atomic mass is 32.1. The van der Waals surface area contributed by atoms with Gasteiger partial charge in [0.25, 0.3) is 0 Å². The Morgan fingerprint density at radius 3 is 1.73 bits per heavy atom. The number of aryl methyl sites for hydroxylation is 4. The minimum Gasteiger partial charge on any atom is -0.466 e. The van der Waals surface area contributed by atoms with Gasteiger partial charge in [-0.25, -0.2) is 9.59 Å². The van der Waals surface area contributed by atoms with E-state index in [0.29, 0.717) is 5.75 Å². The van der Waals surface area contributed by atoms with E-state index in [2.05, 4.69) is 0 Å². The van der Waals surface area contributed by atoms with Crippen molar-refractivity contribution in [1.82, 2.24) is 0 Å². The molecule has 0 aliphatic rings. The molecule has 0 saturated heterocycles. The molecule has 0 spiro atoms. The van der Waals surface area contributed by atoms with Crippen LogP contribution in [-0.2, 0) is 14.3 Å². The largest absolute Gasteiger partial charge is 0.466 e. The van der Waals surface area contributed by atoms with Gasteiger partial charge in [-0.15, -0.1) is 22.7 Å². The summed E-state index contributed by atoms with van der Waals surface area (Å²) in [4.78, 5) is 29.4. The predicted molar refractivity (Wildman–Crippen MR) is 107 cm³/mol. The van der Waals surface area contributed by atoms with E-state index in [-0.39, 0.29) is 11.1 Å². The van der Waals surface area contributed by atoms with Crippen LogP contribution in [0.1, 0.15) is 43.1 Å². The summed E-state index contributed by atoms with van der Waals surface area (Å²) in [6.45, 7) is 13.4. The fourth-order valence-corrected chi connectivity index (χ4v) is 4.99. The SMILES string of the molecule is COC(=O)/C(C)=C(\C(=O)Oc1c(C)sc(C)c1C)c1c(C)sc(C)c1C. The average molecular weight is 393 g/mol. The van der Waals surface area contributed by atoms with Crippen LogP contribution >= 0.6 is 22.7 Å². The minimum atomic E-state index is -0.533. The Morgan fingerprint density at radius 1 is 0.769 bits per heavy atom. The van der Waals surface area contributed by atoms with Crippen molar-refractivity contribution in [2.75, 3.05) is 7.11 Å². The lowest BCUT2D eigenvalue weighted by atomic mass is 9.97. The molecule has 2 rings (SSSR count). The fourth-order valence-electron chi connectivity index (χ4n) is 2.93. The van der Waals surface area contributed by atoms with Crippen molar-refractivity contribution in [3.05, 3.63) is 41.8 Å². The van der Waals surface area contributed by atoms with Crippen LogP contribution in [0.4, 0.5) is 0 Å². The van der Waals surface area contributed by atoms with Gasteiger partial charge in [0, 0.05) is 36.2 Å². The Bertz CT molecular complexity index is 913. The van der Waals surface area contributed by atoms with Crippen LogP contribution in [-0.4, -0.2) is 19.0 Å². The van der Waals surface area contributed by atoms with Gasteiger partial charge in [0.15, 0.2) is 0 Å². The van der Waals surface area contributed by atoms with Gasteiger partial charge in [0.05, 0.1) is 12.7 Å². The number of ether oxygens (including phenoxy) is 2. The summed E-state index contributed by atoms with van der Waals surface area (Å²) in [6.07, 6.45) is 0. The zero-order valence-corrected chi connectivity index (χ0v) is 18.1. The summed E-state index contributed by atoms with van der Waals surface area (Å²) >= 11 is 3.20. The number of esters is 2. The number of hydrogen-bond acceptors (Lipinski definition) is 6. The number of hydrogen-bond donors (Lipinski definition) is 0. The first-order valence-electron chi connectivity index (χ1n) is 8.25. The number of thiophene rings is 2. The molecule has 2 aromatic heterocycles. The standard InChI is InChI=1S/C20H24O4S2/c1-9-12(4)25-14(6)16(9)17(11(3)19(21)23-8)20(22)24-18-10(2)13(5)26-15(18)7/h1-8H3/b17-11-. The average Bonchev–Trinajstić information content (AvgIpc) is 2.97. The van der Waals surface area contributed by atoms with Gasteiger partial charge in [-0.05, 0) is 54.0 Å². The Balaban J connectivity index is 2.62. The Hall–Kier alpha value is -1.92. The Morgan fingerprint density at radius 2 is 1.31 bits per heavy atom. The van der Waals surface area contributed by atoms with E-state index in [1.807, 2.05) is 41.5 Å². The van der Waals surface area contributed by atoms with Gasteiger partial charge in [-0.1, -0.05) is 0 Å². The third kappa shape index (κ3) is 3.62. The van der Waals surface area contributed by atoms with E-state index in [4.69, 9.17) is 9.47 Å². The van der Waals surface area contributed by atoms with Gasteiger partial charge in [0.2, 0.25) is 0 Å². The van der Waals surface area contributed by atoms with E-state index in [1.165, 1.54) is 7.11 Å². The molecule has 0 amide bonds. The molecule has 26 heavy (non-hydrogen) atoms. The zero-order valence-electron chi connectivity index (χ0n) is 16.4. The zero-order chi connectivity index (χ0) is 19.8. The molecule has 6 heteroatoms. The lowest BCUT2D eigenvalue weighted by Gasteiger charge is -2.13. The first kappa shape index (κ1) is 20.4. The van der Waals surface area contributed by atoms with Gasteiger partial charge in [-0.3, -0.25) is 0 Å². The summed E-state index contributed by atoms with van der Waals surface area (Å²) in [5.41, 5.74) is 3.23. The van der Waals surface area contributed by atoms with E-state index < -0.39 is 11.9 Å². The van der Waals surface area contributed by atoms with E-state index >= 15 is 0 Å². The molecule has 0 aliphatic heterocycles. The molecule has 0 saturated carbocycles. The van der Waals surface area contributed by atoms with Crippen LogP contribution in [0.2, 0.25) is 0 Å². The summed E-state index contributed by atoms with van der Waals surface area (Å²) in [5, 5.41) is 0. The highest BCUT2D eigenvalue weighted by molar-refractivity contribution is 7.12. The van der Waals surface area contributed by atoms with Crippen molar-refractivity contribution in [3.8, 4) is 5.75 Å². The lowest BCUT2D eigenvalue weighted by molar-refractivity contribution is -0.136. The van der Waals surface area contributed by atoms with E-state index in [1.54, 1.807) is 29.6 Å². The quantitative estimate of drug-likeness (QED) is 0.529. The number of carbonyl (C=O) groups excluding carboxylic acids is 2. The van der Waals surface area contributed by atoms with Gasteiger partial charge < -0.3 is 9.47 Å².